The van der Waals surface area contributed by atoms with Gasteiger partial charge in [-0.05, 0) is 104 Å². The van der Waals surface area contributed by atoms with Crippen molar-refractivity contribution in [3.8, 4) is 0 Å². The molecular weight excluding hydrogens is 943 g/mol. The number of ether oxygens (including phenoxy) is 3. The fraction of sp³-hybridized carbons (Fsp3) is 0.956. The Balaban J connectivity index is 2.63. The van der Waals surface area contributed by atoms with Crippen LogP contribution in [-0.4, -0.2) is 73.5 Å². The molecule has 1 heterocycles. The summed E-state index contributed by atoms with van der Waals surface area (Å²) in [6, 6.07) is 0. The van der Waals surface area contributed by atoms with Gasteiger partial charge in [-0.15, -0.1) is 0 Å². The molecule has 0 aromatic rings. The second-order valence-corrected chi connectivity index (χ2v) is 24.5. The number of hydrogen-bond acceptors (Lipinski definition) is 8. The summed E-state index contributed by atoms with van der Waals surface area (Å²) < 4.78 is 17.7. The molecule has 0 atom stereocenters. The lowest BCUT2D eigenvalue weighted by Gasteiger charge is -2.29. The Hall–Kier alpha value is -1.67. The summed E-state index contributed by atoms with van der Waals surface area (Å²) in [5.74, 6) is 0.107. The van der Waals surface area contributed by atoms with E-state index in [4.69, 9.17) is 14.2 Å². The molecule has 8 heteroatoms. The van der Waals surface area contributed by atoms with Crippen LogP contribution in [0.1, 0.15) is 355 Å². The number of piperidine rings is 1. The number of aliphatic hydroxyl groups is 1. The van der Waals surface area contributed by atoms with E-state index in [9.17, 15) is 19.5 Å². The summed E-state index contributed by atoms with van der Waals surface area (Å²) in [6.07, 6.45) is 58.3. The van der Waals surface area contributed by atoms with E-state index in [-0.39, 0.29) is 35.7 Å². The van der Waals surface area contributed by atoms with Crippen molar-refractivity contribution in [1.29, 1.82) is 0 Å². The molecule has 1 aliphatic rings. The van der Waals surface area contributed by atoms with Gasteiger partial charge >= 0.3 is 17.9 Å². The SMILES string of the molecule is CCCCCCCCCCC(CCCCCCCCCC)C(=O)OCCCCCCC(O)(CCCCCCOC(=O)C(CCCCCCCCCC)CCCCCCCCCC)CCCCOC(=O)C1CCN(C)CC1. The predicted octanol–water partition coefficient (Wildman–Crippen LogP) is 20.1. The Kier molecular flexibility index (Phi) is 51.3. The van der Waals surface area contributed by atoms with Gasteiger partial charge in [0.05, 0.1) is 43.2 Å². The Bertz CT molecular complexity index is 1160. The monoisotopic (exact) mass is 1070 g/mol. The van der Waals surface area contributed by atoms with Crippen molar-refractivity contribution in [3.05, 3.63) is 0 Å². The largest absolute Gasteiger partial charge is 0.465 e. The van der Waals surface area contributed by atoms with Crippen LogP contribution in [0.25, 0.3) is 0 Å². The van der Waals surface area contributed by atoms with Crippen LogP contribution in [0.4, 0.5) is 0 Å². The molecule has 1 saturated heterocycles. The zero-order valence-corrected chi connectivity index (χ0v) is 51.7. The van der Waals surface area contributed by atoms with Crippen LogP contribution in [0.15, 0.2) is 0 Å². The molecule has 0 amide bonds. The number of nitrogens with zero attached hydrogens (tertiary/aromatic N) is 1. The zero-order valence-electron chi connectivity index (χ0n) is 51.7. The molecule has 8 nitrogen and oxygen atoms in total. The molecule has 0 aromatic heterocycles. The number of likely N-dealkylation sites (tertiary alicyclic amines) is 1. The Morgan fingerprint density at radius 3 is 0.961 bits per heavy atom. The molecule has 450 valence electrons. The summed E-state index contributed by atoms with van der Waals surface area (Å²) in [4.78, 5) is 41.9. The highest BCUT2D eigenvalue weighted by molar-refractivity contribution is 5.73. The lowest BCUT2D eigenvalue weighted by atomic mass is 9.85. The molecule has 0 spiro atoms. The maximum absolute atomic E-state index is 13.4. The van der Waals surface area contributed by atoms with Crippen molar-refractivity contribution in [2.24, 2.45) is 17.8 Å². The molecule has 0 bridgehead atoms. The lowest BCUT2D eigenvalue weighted by molar-refractivity contribution is -0.150. The van der Waals surface area contributed by atoms with Gasteiger partial charge < -0.3 is 24.2 Å². The van der Waals surface area contributed by atoms with Gasteiger partial charge in [0.25, 0.3) is 0 Å². The van der Waals surface area contributed by atoms with E-state index < -0.39 is 5.60 Å². The van der Waals surface area contributed by atoms with Crippen LogP contribution in [0.5, 0.6) is 0 Å². The number of unbranched alkanes of at least 4 members (excludes halogenated alkanes) is 35. The van der Waals surface area contributed by atoms with E-state index in [1.54, 1.807) is 0 Å². The number of carbonyl (C=O) groups is 3. The highest BCUT2D eigenvalue weighted by Gasteiger charge is 2.27. The maximum atomic E-state index is 13.4. The average Bonchev–Trinajstić information content (AvgIpc) is 3.41. The molecule has 1 rings (SSSR count). The second-order valence-electron chi connectivity index (χ2n) is 24.5. The van der Waals surface area contributed by atoms with E-state index in [2.05, 4.69) is 39.6 Å². The van der Waals surface area contributed by atoms with Crippen molar-refractivity contribution >= 4 is 17.9 Å². The second kappa shape index (κ2) is 53.9. The number of carbonyl (C=O) groups excluding carboxylic acids is 3. The molecule has 1 fully saturated rings. The van der Waals surface area contributed by atoms with E-state index in [1.807, 2.05) is 0 Å². The van der Waals surface area contributed by atoms with Crippen LogP contribution in [-0.2, 0) is 28.6 Å². The summed E-state index contributed by atoms with van der Waals surface area (Å²) in [5, 5.41) is 12.1. The van der Waals surface area contributed by atoms with Gasteiger partial charge in [0.1, 0.15) is 0 Å². The normalized spacial score (nSPS) is 13.6. The Labute approximate surface area is 473 Å². The van der Waals surface area contributed by atoms with E-state index in [0.717, 1.165) is 154 Å². The average molecular weight is 1070 g/mol. The minimum absolute atomic E-state index is 0.0156. The van der Waals surface area contributed by atoms with E-state index >= 15 is 0 Å². The predicted molar refractivity (Wildman–Crippen MR) is 324 cm³/mol. The van der Waals surface area contributed by atoms with Gasteiger partial charge in [0.2, 0.25) is 0 Å². The highest BCUT2D eigenvalue weighted by Crippen LogP contribution is 2.30. The third-order valence-electron chi connectivity index (χ3n) is 17.2. The van der Waals surface area contributed by atoms with Gasteiger partial charge in [0, 0.05) is 0 Å². The highest BCUT2D eigenvalue weighted by atomic mass is 16.5. The maximum Gasteiger partial charge on any atom is 0.309 e. The lowest BCUT2D eigenvalue weighted by Crippen LogP contribution is -2.34. The van der Waals surface area contributed by atoms with Crippen molar-refractivity contribution in [1.82, 2.24) is 4.90 Å². The van der Waals surface area contributed by atoms with E-state index in [0.29, 0.717) is 26.2 Å². The van der Waals surface area contributed by atoms with Gasteiger partial charge in [-0.1, -0.05) is 272 Å². The van der Waals surface area contributed by atoms with Gasteiger partial charge in [-0.3, -0.25) is 14.4 Å². The zero-order chi connectivity index (χ0) is 55.3. The van der Waals surface area contributed by atoms with E-state index in [1.165, 1.54) is 180 Å². The topological polar surface area (TPSA) is 102 Å². The van der Waals surface area contributed by atoms with Crippen LogP contribution < -0.4 is 0 Å². The summed E-state index contributed by atoms with van der Waals surface area (Å²) >= 11 is 0. The fourth-order valence-corrected chi connectivity index (χ4v) is 11.7. The van der Waals surface area contributed by atoms with Crippen LogP contribution in [0.3, 0.4) is 0 Å². The van der Waals surface area contributed by atoms with Crippen molar-refractivity contribution < 1.29 is 33.7 Å². The number of hydrogen-bond donors (Lipinski definition) is 1. The third-order valence-corrected chi connectivity index (χ3v) is 17.2. The van der Waals surface area contributed by atoms with Crippen molar-refractivity contribution in [2.75, 3.05) is 40.0 Å². The minimum atomic E-state index is -0.743. The number of esters is 3. The number of rotatable bonds is 58. The molecule has 1 aliphatic heterocycles. The quantitative estimate of drug-likeness (QED) is 0.0365. The first kappa shape index (κ1) is 72.3. The molecule has 0 aromatic carbocycles. The molecule has 0 aliphatic carbocycles. The summed E-state index contributed by atoms with van der Waals surface area (Å²) in [6.45, 7) is 12.4. The van der Waals surface area contributed by atoms with Crippen LogP contribution in [0.2, 0.25) is 0 Å². The summed E-state index contributed by atoms with van der Waals surface area (Å²) in [5.41, 5.74) is -0.743. The van der Waals surface area contributed by atoms with Gasteiger partial charge in [0.15, 0.2) is 0 Å². The third kappa shape index (κ3) is 44.1. The molecule has 1 N–H and O–H groups in total. The standard InChI is InChI=1S/C68H131NO7/c1-6-10-14-18-22-26-30-38-48-62(49-39-31-27-23-19-15-11-7-2)65(70)74-59-45-36-34-42-54-68(73,56-44-47-61-76-67(72)64-52-57-69(5)58-53-64)55-43-35-37-46-60-75-66(71)63(50-40-32-28-24-20-16-12-8-3)51-41-33-29-25-21-17-13-9-4/h62-64,73H,6-61H2,1-5H3. The molecule has 0 radical (unpaired) electrons. The van der Waals surface area contributed by atoms with Gasteiger partial charge in [-0.25, -0.2) is 0 Å². The first-order chi connectivity index (χ1) is 37.2. The molecule has 0 unspecified atom stereocenters. The first-order valence-corrected chi connectivity index (χ1v) is 34.1. The minimum Gasteiger partial charge on any atom is -0.465 e. The molecule has 0 saturated carbocycles. The first-order valence-electron chi connectivity index (χ1n) is 34.1. The van der Waals surface area contributed by atoms with Crippen molar-refractivity contribution in [2.45, 2.75) is 361 Å². The Morgan fingerprint density at radius 2 is 0.632 bits per heavy atom. The van der Waals surface area contributed by atoms with Crippen LogP contribution in [0, 0.1) is 17.8 Å². The van der Waals surface area contributed by atoms with Crippen molar-refractivity contribution in [3.63, 3.8) is 0 Å². The molecule has 76 heavy (non-hydrogen) atoms. The Morgan fingerprint density at radius 1 is 0.382 bits per heavy atom. The van der Waals surface area contributed by atoms with Crippen LogP contribution >= 0.6 is 0 Å². The smallest absolute Gasteiger partial charge is 0.309 e. The fourth-order valence-electron chi connectivity index (χ4n) is 11.7. The molecular formula is C68H131NO7. The van der Waals surface area contributed by atoms with Gasteiger partial charge in [-0.2, -0.15) is 0 Å². The summed E-state index contributed by atoms with van der Waals surface area (Å²) in [7, 11) is 2.11.